The van der Waals surface area contributed by atoms with E-state index < -0.39 is 0 Å². The fraction of sp³-hybridized carbons (Fsp3) is 0.750. The van der Waals surface area contributed by atoms with Gasteiger partial charge in [-0.2, -0.15) is 0 Å². The Bertz CT molecular complexity index is 379. The van der Waals surface area contributed by atoms with Crippen molar-refractivity contribution in [3.8, 4) is 0 Å². The Hall–Kier alpha value is -0.840. The van der Waals surface area contributed by atoms with Crippen molar-refractivity contribution in [2.24, 2.45) is 5.73 Å². The number of hydrogen-bond donors (Lipinski definition) is 1. The molecule has 1 aromatic rings. The highest BCUT2D eigenvalue weighted by Gasteiger charge is 2.30. The van der Waals surface area contributed by atoms with Crippen LogP contribution in [0.15, 0.2) is 22.8 Å². The highest BCUT2D eigenvalue weighted by atomic mass is 16.3. The van der Waals surface area contributed by atoms with Gasteiger partial charge in [0.25, 0.3) is 0 Å². The zero-order valence-corrected chi connectivity index (χ0v) is 13.1. The topological polar surface area (TPSA) is 45.6 Å². The van der Waals surface area contributed by atoms with Gasteiger partial charge >= 0.3 is 0 Å². The van der Waals surface area contributed by atoms with Gasteiger partial charge in [-0.25, -0.2) is 0 Å². The molecule has 2 heterocycles. The lowest BCUT2D eigenvalue weighted by Gasteiger charge is -2.34. The minimum Gasteiger partial charge on any atom is -0.468 e. The number of rotatable bonds is 7. The molecular weight excluding hydrogens is 250 g/mol. The average Bonchev–Trinajstić information content (AvgIpc) is 3.10. The van der Waals surface area contributed by atoms with E-state index in [0.29, 0.717) is 6.04 Å². The summed E-state index contributed by atoms with van der Waals surface area (Å²) in [4.78, 5) is 4.96. The largest absolute Gasteiger partial charge is 0.468 e. The number of furan rings is 1. The molecule has 0 radical (unpaired) electrons. The van der Waals surface area contributed by atoms with Crippen LogP contribution in [0.25, 0.3) is 0 Å². The molecular formula is C16H29N3O. The highest BCUT2D eigenvalue weighted by Crippen LogP contribution is 2.27. The first kappa shape index (κ1) is 15.5. The number of nitrogens with zero attached hydrogens (tertiary/aromatic N) is 2. The van der Waals surface area contributed by atoms with Crippen LogP contribution in [0.4, 0.5) is 0 Å². The van der Waals surface area contributed by atoms with Crippen LogP contribution >= 0.6 is 0 Å². The quantitative estimate of drug-likeness (QED) is 0.833. The van der Waals surface area contributed by atoms with Gasteiger partial charge in [-0.1, -0.05) is 13.8 Å². The minimum absolute atomic E-state index is 0.114. The molecule has 0 aliphatic carbocycles. The van der Waals surface area contributed by atoms with Gasteiger partial charge < -0.3 is 10.2 Å². The van der Waals surface area contributed by atoms with Crippen molar-refractivity contribution >= 4 is 0 Å². The number of nitrogens with two attached hydrogens (primary N) is 1. The first-order valence-electron chi connectivity index (χ1n) is 7.90. The molecule has 4 heteroatoms. The van der Waals surface area contributed by atoms with Crippen LogP contribution in [-0.4, -0.2) is 48.6 Å². The maximum Gasteiger partial charge on any atom is 0.122 e. The van der Waals surface area contributed by atoms with Crippen LogP contribution in [-0.2, 0) is 0 Å². The minimum atomic E-state index is 0.114. The molecule has 2 N–H and O–H groups in total. The normalized spacial score (nSPS) is 23.4. The van der Waals surface area contributed by atoms with Gasteiger partial charge in [-0.3, -0.25) is 9.80 Å². The summed E-state index contributed by atoms with van der Waals surface area (Å²) in [6.45, 7) is 7.83. The molecule has 0 amide bonds. The van der Waals surface area contributed by atoms with Crippen molar-refractivity contribution in [2.75, 3.05) is 26.7 Å². The fourth-order valence-corrected chi connectivity index (χ4v) is 3.40. The van der Waals surface area contributed by atoms with Crippen molar-refractivity contribution in [1.29, 1.82) is 0 Å². The third kappa shape index (κ3) is 3.43. The molecule has 1 aliphatic heterocycles. The highest BCUT2D eigenvalue weighted by molar-refractivity contribution is 5.08. The lowest BCUT2D eigenvalue weighted by Crippen LogP contribution is -2.45. The Morgan fingerprint density at radius 2 is 2.30 bits per heavy atom. The summed E-state index contributed by atoms with van der Waals surface area (Å²) in [5.74, 6) is 0.989. The van der Waals surface area contributed by atoms with Gasteiger partial charge in [-0.05, 0) is 51.5 Å². The lowest BCUT2D eigenvalue weighted by atomic mass is 10.0. The van der Waals surface area contributed by atoms with Gasteiger partial charge in [0.05, 0.1) is 12.3 Å². The molecule has 0 saturated carbocycles. The second kappa shape index (κ2) is 7.25. The zero-order chi connectivity index (χ0) is 14.5. The molecule has 1 saturated heterocycles. The average molecular weight is 279 g/mol. The fourth-order valence-electron chi connectivity index (χ4n) is 3.40. The molecule has 20 heavy (non-hydrogen) atoms. The van der Waals surface area contributed by atoms with E-state index in [2.05, 4.69) is 30.7 Å². The number of likely N-dealkylation sites (N-methyl/N-ethyl adjacent to an activating group) is 2. The van der Waals surface area contributed by atoms with E-state index in [1.807, 2.05) is 12.1 Å². The van der Waals surface area contributed by atoms with Gasteiger partial charge in [0, 0.05) is 18.6 Å². The Morgan fingerprint density at radius 1 is 1.50 bits per heavy atom. The Kier molecular flexibility index (Phi) is 5.64. The molecule has 3 atom stereocenters. The molecule has 0 bridgehead atoms. The summed E-state index contributed by atoms with van der Waals surface area (Å²) in [5, 5.41) is 0. The molecule has 3 unspecified atom stereocenters. The first-order valence-corrected chi connectivity index (χ1v) is 7.90. The van der Waals surface area contributed by atoms with Gasteiger partial charge in [0.1, 0.15) is 5.76 Å². The molecule has 0 aromatic carbocycles. The summed E-state index contributed by atoms with van der Waals surface area (Å²) in [6.07, 6.45) is 5.31. The standard InChI is InChI=1S/C16H29N3O/c1-4-14(17)16(15-9-7-11-20-15)18(3)12-13-8-6-10-19(13)5-2/h7,9,11,13-14,16H,4-6,8,10,12,17H2,1-3H3. The predicted octanol–water partition coefficient (Wildman–Crippen LogP) is 2.47. The van der Waals surface area contributed by atoms with Crippen molar-refractivity contribution in [3.63, 3.8) is 0 Å². The van der Waals surface area contributed by atoms with Gasteiger partial charge in [0.15, 0.2) is 0 Å². The maximum absolute atomic E-state index is 6.34. The number of likely N-dealkylation sites (tertiary alicyclic amines) is 1. The zero-order valence-electron chi connectivity index (χ0n) is 13.1. The van der Waals surface area contributed by atoms with Gasteiger partial charge in [0.2, 0.25) is 0 Å². The van der Waals surface area contributed by atoms with E-state index in [-0.39, 0.29) is 12.1 Å². The summed E-state index contributed by atoms with van der Waals surface area (Å²) in [7, 11) is 2.18. The van der Waals surface area contributed by atoms with Crippen LogP contribution in [0.3, 0.4) is 0 Å². The molecule has 0 spiro atoms. The summed E-state index contributed by atoms with van der Waals surface area (Å²) in [5.41, 5.74) is 6.34. The number of hydrogen-bond acceptors (Lipinski definition) is 4. The molecule has 114 valence electrons. The van der Waals surface area contributed by atoms with Crippen LogP contribution in [0, 0.1) is 0 Å². The summed E-state index contributed by atoms with van der Waals surface area (Å²) < 4.78 is 5.62. The van der Waals surface area contributed by atoms with Gasteiger partial charge in [-0.15, -0.1) is 0 Å². The molecule has 1 aromatic heterocycles. The van der Waals surface area contributed by atoms with Crippen LogP contribution in [0.5, 0.6) is 0 Å². The van der Waals surface area contributed by atoms with Crippen LogP contribution in [0.2, 0.25) is 0 Å². The first-order chi connectivity index (χ1) is 9.67. The van der Waals surface area contributed by atoms with Crippen molar-refractivity contribution in [1.82, 2.24) is 9.80 Å². The summed E-state index contributed by atoms with van der Waals surface area (Å²) in [6, 6.07) is 4.94. The molecule has 2 rings (SSSR count). The Balaban J connectivity index is 2.05. The van der Waals surface area contributed by atoms with E-state index in [1.165, 1.54) is 19.4 Å². The van der Waals surface area contributed by atoms with Crippen LogP contribution < -0.4 is 5.73 Å². The SMILES string of the molecule is CCC(N)C(c1ccco1)N(C)CC1CCCN1CC. The molecule has 1 fully saturated rings. The smallest absolute Gasteiger partial charge is 0.122 e. The van der Waals surface area contributed by atoms with E-state index in [9.17, 15) is 0 Å². The van der Waals surface area contributed by atoms with Crippen molar-refractivity contribution < 1.29 is 4.42 Å². The maximum atomic E-state index is 6.34. The van der Waals surface area contributed by atoms with Crippen LogP contribution in [0.1, 0.15) is 44.9 Å². The lowest BCUT2D eigenvalue weighted by molar-refractivity contribution is 0.133. The Labute approximate surface area is 122 Å². The van der Waals surface area contributed by atoms with E-state index in [0.717, 1.165) is 25.3 Å². The summed E-state index contributed by atoms with van der Waals surface area (Å²) >= 11 is 0. The van der Waals surface area contributed by atoms with Crippen molar-refractivity contribution in [3.05, 3.63) is 24.2 Å². The van der Waals surface area contributed by atoms with E-state index >= 15 is 0 Å². The monoisotopic (exact) mass is 279 g/mol. The van der Waals surface area contributed by atoms with Crippen molar-refractivity contribution in [2.45, 2.75) is 51.2 Å². The third-order valence-electron chi connectivity index (χ3n) is 4.59. The second-order valence-corrected chi connectivity index (χ2v) is 5.90. The van der Waals surface area contributed by atoms with E-state index in [4.69, 9.17) is 10.2 Å². The Morgan fingerprint density at radius 3 is 2.90 bits per heavy atom. The molecule has 1 aliphatic rings. The third-order valence-corrected chi connectivity index (χ3v) is 4.59. The predicted molar refractivity (Wildman–Crippen MR) is 82.6 cm³/mol. The second-order valence-electron chi connectivity index (χ2n) is 5.90. The molecule has 4 nitrogen and oxygen atoms in total. The van der Waals surface area contributed by atoms with E-state index in [1.54, 1.807) is 6.26 Å².